The molecule has 1 aromatic carbocycles. The second-order valence-electron chi connectivity index (χ2n) is 8.34. The van der Waals surface area contributed by atoms with Crippen LogP contribution in [0, 0.1) is 6.92 Å². The molecule has 0 spiro atoms. The molecule has 2 heterocycles. The molecule has 33 heavy (non-hydrogen) atoms. The maximum Gasteiger partial charge on any atom is 0.416 e. The third kappa shape index (κ3) is 4.69. The molecule has 1 saturated carbocycles. The number of benzene rings is 1. The van der Waals surface area contributed by atoms with Crippen molar-refractivity contribution in [2.75, 3.05) is 0 Å². The van der Waals surface area contributed by atoms with E-state index in [4.69, 9.17) is 0 Å². The Morgan fingerprint density at radius 3 is 2.48 bits per heavy atom. The lowest BCUT2D eigenvalue weighted by Crippen LogP contribution is -2.31. The fraction of sp³-hybridized carbons (Fsp3) is 0.435. The molecule has 3 aromatic rings. The van der Waals surface area contributed by atoms with Crippen LogP contribution in [0.5, 0.6) is 0 Å². The van der Waals surface area contributed by atoms with E-state index in [-0.39, 0.29) is 28.6 Å². The second kappa shape index (κ2) is 9.07. The number of alkyl halides is 5. The number of nitrogens with zero attached hydrogens (tertiary/aromatic N) is 4. The summed E-state index contributed by atoms with van der Waals surface area (Å²) >= 11 is 0. The van der Waals surface area contributed by atoms with Crippen molar-refractivity contribution in [3.8, 4) is 5.82 Å². The average molecular weight is 466 g/mol. The average Bonchev–Trinajstić information content (AvgIpc) is 3.17. The van der Waals surface area contributed by atoms with Crippen LogP contribution in [0.3, 0.4) is 0 Å². The largest absolute Gasteiger partial charge is 0.416 e. The maximum atomic E-state index is 13.7. The summed E-state index contributed by atoms with van der Waals surface area (Å²) in [6, 6.07) is 6.41. The Kier molecular flexibility index (Phi) is 6.36. The summed E-state index contributed by atoms with van der Waals surface area (Å²) < 4.78 is 69.8. The first kappa shape index (κ1) is 23.1. The van der Waals surface area contributed by atoms with Crippen molar-refractivity contribution in [3.63, 3.8) is 0 Å². The molecule has 0 bridgehead atoms. The number of aromatic nitrogens is 4. The molecule has 0 unspecified atom stereocenters. The third-order valence-corrected chi connectivity index (χ3v) is 6.10. The summed E-state index contributed by atoms with van der Waals surface area (Å²) in [5, 5.41) is 8.18. The van der Waals surface area contributed by atoms with E-state index >= 15 is 0 Å². The fourth-order valence-corrected chi connectivity index (χ4v) is 4.45. The van der Waals surface area contributed by atoms with Gasteiger partial charge >= 0.3 is 6.18 Å². The van der Waals surface area contributed by atoms with Crippen LogP contribution < -0.4 is 5.56 Å². The predicted molar refractivity (Wildman–Crippen MR) is 112 cm³/mol. The van der Waals surface area contributed by atoms with Crippen LogP contribution >= 0.6 is 0 Å². The lowest BCUT2D eigenvalue weighted by atomic mass is 9.85. The molecule has 0 N–H and O–H groups in total. The Labute approximate surface area is 186 Å². The highest BCUT2D eigenvalue weighted by molar-refractivity contribution is 5.34. The van der Waals surface area contributed by atoms with Gasteiger partial charge in [0.25, 0.3) is 12.0 Å². The van der Waals surface area contributed by atoms with Gasteiger partial charge in [0, 0.05) is 5.56 Å². The number of hydrogen-bond donors (Lipinski definition) is 0. The smallest absolute Gasteiger partial charge is 0.267 e. The van der Waals surface area contributed by atoms with E-state index in [1.54, 1.807) is 0 Å². The summed E-state index contributed by atoms with van der Waals surface area (Å²) in [5.74, 6) is -0.119. The predicted octanol–water partition coefficient (Wildman–Crippen LogP) is 5.79. The van der Waals surface area contributed by atoms with Crippen LogP contribution in [0.15, 0.2) is 41.3 Å². The molecule has 1 fully saturated rings. The zero-order valence-electron chi connectivity index (χ0n) is 17.9. The van der Waals surface area contributed by atoms with Crippen LogP contribution in [0.1, 0.15) is 72.4 Å². The molecule has 1 aliphatic carbocycles. The molecule has 0 amide bonds. The molecule has 1 aliphatic rings. The van der Waals surface area contributed by atoms with Crippen LogP contribution in [0.4, 0.5) is 22.0 Å². The van der Waals surface area contributed by atoms with Gasteiger partial charge in [-0.2, -0.15) is 18.3 Å². The fourth-order valence-electron chi connectivity index (χ4n) is 4.45. The SMILES string of the molecule is Cc1cnn(-c2cc(C3CCCCC3)c(=O)n(Cc3ccccc3C(F)(F)F)n2)c1C(F)F. The number of halogens is 5. The van der Waals surface area contributed by atoms with Gasteiger partial charge in [0.15, 0.2) is 5.82 Å². The van der Waals surface area contributed by atoms with Gasteiger partial charge in [0.05, 0.1) is 18.3 Å². The molecule has 0 atom stereocenters. The second-order valence-corrected chi connectivity index (χ2v) is 8.34. The molecular weight excluding hydrogens is 443 g/mol. The monoisotopic (exact) mass is 466 g/mol. The highest BCUT2D eigenvalue weighted by Crippen LogP contribution is 2.34. The topological polar surface area (TPSA) is 52.7 Å². The lowest BCUT2D eigenvalue weighted by Gasteiger charge is -2.23. The summed E-state index contributed by atoms with van der Waals surface area (Å²) in [5.41, 5.74) is -1.24. The first-order chi connectivity index (χ1) is 15.7. The van der Waals surface area contributed by atoms with E-state index in [1.807, 2.05) is 0 Å². The van der Waals surface area contributed by atoms with Crippen LogP contribution in [0.25, 0.3) is 5.82 Å². The molecule has 0 saturated heterocycles. The summed E-state index contributed by atoms with van der Waals surface area (Å²) in [6.45, 7) is 1.05. The molecule has 0 aliphatic heterocycles. The van der Waals surface area contributed by atoms with Crippen molar-refractivity contribution < 1.29 is 22.0 Å². The minimum Gasteiger partial charge on any atom is -0.267 e. The van der Waals surface area contributed by atoms with Crippen LogP contribution in [-0.2, 0) is 12.7 Å². The Morgan fingerprint density at radius 2 is 1.82 bits per heavy atom. The first-order valence-corrected chi connectivity index (χ1v) is 10.8. The molecule has 0 radical (unpaired) electrons. The molecule has 176 valence electrons. The van der Waals surface area contributed by atoms with Gasteiger partial charge in [-0.15, -0.1) is 5.10 Å². The van der Waals surface area contributed by atoms with Crippen molar-refractivity contribution in [2.24, 2.45) is 0 Å². The first-order valence-electron chi connectivity index (χ1n) is 10.8. The lowest BCUT2D eigenvalue weighted by molar-refractivity contribution is -0.138. The Balaban J connectivity index is 1.87. The van der Waals surface area contributed by atoms with Crippen molar-refractivity contribution in [2.45, 2.75) is 64.1 Å². The van der Waals surface area contributed by atoms with E-state index in [9.17, 15) is 26.7 Å². The quantitative estimate of drug-likeness (QED) is 0.448. The zero-order chi connectivity index (χ0) is 23.8. The maximum absolute atomic E-state index is 13.7. The molecule has 10 heteroatoms. The van der Waals surface area contributed by atoms with Crippen LogP contribution in [-0.4, -0.2) is 19.6 Å². The molecule has 4 rings (SSSR count). The Hall–Kier alpha value is -3.04. The minimum absolute atomic E-state index is 0.0111. The van der Waals surface area contributed by atoms with E-state index in [2.05, 4.69) is 10.2 Å². The van der Waals surface area contributed by atoms with E-state index in [0.717, 1.165) is 47.5 Å². The summed E-state index contributed by atoms with van der Waals surface area (Å²) in [6.07, 6.45) is -1.79. The normalized spacial score (nSPS) is 15.4. The van der Waals surface area contributed by atoms with Crippen molar-refractivity contribution in [1.29, 1.82) is 0 Å². The Bertz CT molecular complexity index is 1190. The summed E-state index contributed by atoms with van der Waals surface area (Å²) in [4.78, 5) is 13.3. The van der Waals surface area contributed by atoms with Gasteiger partial charge in [-0.1, -0.05) is 37.5 Å². The summed E-state index contributed by atoms with van der Waals surface area (Å²) in [7, 11) is 0. The van der Waals surface area contributed by atoms with Crippen molar-refractivity contribution >= 4 is 0 Å². The van der Waals surface area contributed by atoms with Crippen LogP contribution in [0.2, 0.25) is 0 Å². The zero-order valence-corrected chi connectivity index (χ0v) is 17.9. The van der Waals surface area contributed by atoms with Gasteiger partial charge in [-0.25, -0.2) is 18.1 Å². The standard InChI is InChI=1S/C23H23F5N4O/c1-14-12-29-32(20(14)21(24)25)19-11-17(15-7-3-2-4-8-15)22(33)31(30-19)13-16-9-5-6-10-18(16)23(26,27)28/h5-6,9-12,15,21H,2-4,7-8,13H2,1H3. The van der Waals surface area contributed by atoms with Crippen molar-refractivity contribution in [3.05, 3.63) is 74.8 Å². The van der Waals surface area contributed by atoms with Gasteiger partial charge in [0.2, 0.25) is 0 Å². The van der Waals surface area contributed by atoms with E-state index < -0.39 is 30.3 Å². The van der Waals surface area contributed by atoms with Gasteiger partial charge in [-0.05, 0) is 48.9 Å². The minimum atomic E-state index is -4.61. The van der Waals surface area contributed by atoms with Gasteiger partial charge in [0.1, 0.15) is 5.69 Å². The molecule has 5 nitrogen and oxygen atoms in total. The number of rotatable bonds is 5. The third-order valence-electron chi connectivity index (χ3n) is 6.10. The van der Waals surface area contributed by atoms with Gasteiger partial charge < -0.3 is 0 Å². The number of aryl methyl sites for hydroxylation is 1. The van der Waals surface area contributed by atoms with E-state index in [1.165, 1.54) is 37.4 Å². The van der Waals surface area contributed by atoms with Crippen molar-refractivity contribution in [1.82, 2.24) is 19.6 Å². The van der Waals surface area contributed by atoms with E-state index in [0.29, 0.717) is 5.56 Å². The molecule has 2 aromatic heterocycles. The number of hydrogen-bond acceptors (Lipinski definition) is 3. The molecular formula is C23H23F5N4O. The highest BCUT2D eigenvalue weighted by Gasteiger charge is 2.33. The Morgan fingerprint density at radius 1 is 1.12 bits per heavy atom. The highest BCUT2D eigenvalue weighted by atomic mass is 19.4. The van der Waals surface area contributed by atoms with Gasteiger partial charge in [-0.3, -0.25) is 4.79 Å².